The second-order valence-electron chi connectivity index (χ2n) is 5.01. The third-order valence-electron chi connectivity index (χ3n) is 3.29. The summed E-state index contributed by atoms with van der Waals surface area (Å²) in [6, 6.07) is 0. The number of ether oxygens (including phenoxy) is 1. The first-order chi connectivity index (χ1) is 8.26. The lowest BCUT2D eigenvalue weighted by Gasteiger charge is -2.33. The van der Waals surface area contributed by atoms with E-state index >= 15 is 0 Å². The van der Waals surface area contributed by atoms with Crippen LogP contribution in [0.15, 0.2) is 0 Å². The van der Waals surface area contributed by atoms with E-state index in [0.29, 0.717) is 18.6 Å². The Morgan fingerprint density at radius 2 is 2.12 bits per heavy atom. The topological polar surface area (TPSA) is 44.7 Å². The van der Waals surface area contributed by atoms with E-state index < -0.39 is 0 Å². The van der Waals surface area contributed by atoms with Gasteiger partial charge in [-0.05, 0) is 31.8 Å². The van der Waals surface area contributed by atoms with Crippen molar-refractivity contribution in [2.45, 2.75) is 32.8 Å². The van der Waals surface area contributed by atoms with Gasteiger partial charge >= 0.3 is 0 Å². The fourth-order valence-corrected chi connectivity index (χ4v) is 2.37. The highest BCUT2D eigenvalue weighted by Gasteiger charge is 2.20. The van der Waals surface area contributed by atoms with Gasteiger partial charge in [0.05, 0.1) is 19.3 Å². The lowest BCUT2D eigenvalue weighted by Crippen LogP contribution is -2.41. The Kier molecular flexibility index (Phi) is 7.77. The number of piperidine rings is 1. The number of rotatable bonds is 8. The molecule has 0 aromatic heterocycles. The van der Waals surface area contributed by atoms with E-state index in [2.05, 4.69) is 24.1 Å². The monoisotopic (exact) mass is 244 g/mol. The molecule has 0 bridgehead atoms. The summed E-state index contributed by atoms with van der Waals surface area (Å²) in [5, 5.41) is 12.1. The van der Waals surface area contributed by atoms with Crippen LogP contribution in [-0.2, 0) is 4.74 Å². The van der Waals surface area contributed by atoms with Gasteiger partial charge in [0.15, 0.2) is 0 Å². The van der Waals surface area contributed by atoms with Crippen LogP contribution in [0, 0.1) is 5.92 Å². The Morgan fingerprint density at radius 3 is 2.71 bits per heavy atom. The van der Waals surface area contributed by atoms with E-state index in [0.717, 1.165) is 39.0 Å². The van der Waals surface area contributed by atoms with E-state index in [1.165, 1.54) is 6.54 Å². The minimum Gasteiger partial charge on any atom is -0.394 e. The van der Waals surface area contributed by atoms with Gasteiger partial charge in [-0.3, -0.25) is 0 Å². The number of aliphatic hydroxyl groups is 1. The average molecular weight is 244 g/mol. The lowest BCUT2D eigenvalue weighted by molar-refractivity contribution is -0.00955. The van der Waals surface area contributed by atoms with Gasteiger partial charge in [0.2, 0.25) is 0 Å². The largest absolute Gasteiger partial charge is 0.394 e. The van der Waals surface area contributed by atoms with Gasteiger partial charge in [-0.25, -0.2) is 0 Å². The third-order valence-corrected chi connectivity index (χ3v) is 3.29. The quantitative estimate of drug-likeness (QED) is 0.660. The normalized spacial score (nSPS) is 20.6. The Labute approximate surface area is 105 Å². The molecule has 0 radical (unpaired) electrons. The highest BCUT2D eigenvalue weighted by molar-refractivity contribution is 4.74. The molecule has 2 N–H and O–H groups in total. The molecule has 1 heterocycles. The molecule has 4 heteroatoms. The van der Waals surface area contributed by atoms with Crippen molar-refractivity contribution < 1.29 is 9.84 Å². The summed E-state index contributed by atoms with van der Waals surface area (Å²) < 4.78 is 5.56. The lowest BCUT2D eigenvalue weighted by atomic mass is 10.1. The summed E-state index contributed by atoms with van der Waals surface area (Å²) in [6.07, 6.45) is 2.57. The molecule has 0 aliphatic carbocycles. The summed E-state index contributed by atoms with van der Waals surface area (Å²) in [4.78, 5) is 2.53. The van der Waals surface area contributed by atoms with Gasteiger partial charge in [-0.15, -0.1) is 0 Å². The van der Waals surface area contributed by atoms with Gasteiger partial charge in [-0.2, -0.15) is 0 Å². The zero-order chi connectivity index (χ0) is 12.5. The zero-order valence-corrected chi connectivity index (χ0v) is 11.3. The molecule has 0 spiro atoms. The molecule has 1 fully saturated rings. The summed E-state index contributed by atoms with van der Waals surface area (Å²) >= 11 is 0. The van der Waals surface area contributed by atoms with Crippen molar-refractivity contribution in [3.8, 4) is 0 Å². The molecule has 0 aromatic carbocycles. The van der Waals surface area contributed by atoms with E-state index in [1.807, 2.05) is 0 Å². The Bertz CT molecular complexity index is 182. The molecule has 1 rings (SSSR count). The molecule has 0 saturated carbocycles. The molecule has 17 heavy (non-hydrogen) atoms. The predicted molar refractivity (Wildman–Crippen MR) is 70.2 cm³/mol. The van der Waals surface area contributed by atoms with Gasteiger partial charge in [-0.1, -0.05) is 13.8 Å². The zero-order valence-electron chi connectivity index (χ0n) is 11.3. The molecular weight excluding hydrogens is 216 g/mol. The Hall–Kier alpha value is -0.160. The fourth-order valence-electron chi connectivity index (χ4n) is 2.37. The maximum Gasteiger partial charge on any atom is 0.0701 e. The highest BCUT2D eigenvalue weighted by Crippen LogP contribution is 2.14. The van der Waals surface area contributed by atoms with Gasteiger partial charge in [0.25, 0.3) is 0 Å². The summed E-state index contributed by atoms with van der Waals surface area (Å²) in [6.45, 7) is 10.7. The van der Waals surface area contributed by atoms with Crippen molar-refractivity contribution in [2.24, 2.45) is 5.92 Å². The van der Waals surface area contributed by atoms with Gasteiger partial charge in [0.1, 0.15) is 0 Å². The van der Waals surface area contributed by atoms with Crippen LogP contribution in [0.2, 0.25) is 0 Å². The van der Waals surface area contributed by atoms with Crippen molar-refractivity contribution in [2.75, 3.05) is 45.9 Å². The molecule has 1 saturated heterocycles. The first-order valence-corrected chi connectivity index (χ1v) is 6.91. The standard InChI is InChI=1S/C13H28N2O2/c1-3-14-10-12(2)11-15-6-4-13(5-7-15)17-9-8-16/h12-14,16H,3-11H2,1-2H3. The molecule has 1 unspecified atom stereocenters. The van der Waals surface area contributed by atoms with Crippen molar-refractivity contribution in [3.63, 3.8) is 0 Å². The van der Waals surface area contributed by atoms with Crippen molar-refractivity contribution in [1.82, 2.24) is 10.2 Å². The van der Waals surface area contributed by atoms with Crippen LogP contribution in [-0.4, -0.2) is 62.0 Å². The van der Waals surface area contributed by atoms with Gasteiger partial charge in [0, 0.05) is 19.6 Å². The molecule has 1 aliphatic rings. The van der Waals surface area contributed by atoms with Crippen LogP contribution in [0.3, 0.4) is 0 Å². The highest BCUT2D eigenvalue weighted by atomic mass is 16.5. The van der Waals surface area contributed by atoms with Crippen LogP contribution in [0.5, 0.6) is 0 Å². The Balaban J connectivity index is 2.09. The fraction of sp³-hybridized carbons (Fsp3) is 1.00. The maximum atomic E-state index is 8.71. The van der Waals surface area contributed by atoms with Crippen LogP contribution < -0.4 is 5.32 Å². The maximum absolute atomic E-state index is 8.71. The number of aliphatic hydroxyl groups excluding tert-OH is 1. The second-order valence-corrected chi connectivity index (χ2v) is 5.01. The van der Waals surface area contributed by atoms with E-state index in [-0.39, 0.29) is 6.61 Å². The van der Waals surface area contributed by atoms with Crippen LogP contribution in [0.1, 0.15) is 26.7 Å². The molecular formula is C13H28N2O2. The van der Waals surface area contributed by atoms with Gasteiger partial charge < -0.3 is 20.1 Å². The summed E-state index contributed by atoms with van der Waals surface area (Å²) in [5.74, 6) is 0.713. The van der Waals surface area contributed by atoms with E-state index in [4.69, 9.17) is 9.84 Å². The molecule has 0 aromatic rings. The first kappa shape index (κ1) is 14.9. The van der Waals surface area contributed by atoms with Crippen molar-refractivity contribution in [1.29, 1.82) is 0 Å². The van der Waals surface area contributed by atoms with Crippen LogP contribution in [0.4, 0.5) is 0 Å². The summed E-state index contributed by atoms with van der Waals surface area (Å²) in [5.41, 5.74) is 0. The number of nitrogens with one attached hydrogen (secondary N) is 1. The molecule has 0 amide bonds. The van der Waals surface area contributed by atoms with Crippen molar-refractivity contribution in [3.05, 3.63) is 0 Å². The number of nitrogens with zero attached hydrogens (tertiary/aromatic N) is 1. The molecule has 102 valence electrons. The smallest absolute Gasteiger partial charge is 0.0701 e. The first-order valence-electron chi connectivity index (χ1n) is 6.91. The van der Waals surface area contributed by atoms with E-state index in [9.17, 15) is 0 Å². The predicted octanol–water partition coefficient (Wildman–Crippen LogP) is 0.705. The number of hydrogen-bond acceptors (Lipinski definition) is 4. The number of likely N-dealkylation sites (tertiary alicyclic amines) is 1. The third kappa shape index (κ3) is 6.36. The van der Waals surface area contributed by atoms with Crippen LogP contribution in [0.25, 0.3) is 0 Å². The Morgan fingerprint density at radius 1 is 1.41 bits per heavy atom. The summed E-state index contributed by atoms with van der Waals surface area (Å²) in [7, 11) is 0. The molecule has 4 nitrogen and oxygen atoms in total. The van der Waals surface area contributed by atoms with Crippen molar-refractivity contribution >= 4 is 0 Å². The van der Waals surface area contributed by atoms with Crippen LogP contribution >= 0.6 is 0 Å². The average Bonchev–Trinajstić information content (AvgIpc) is 2.35. The van der Waals surface area contributed by atoms with E-state index in [1.54, 1.807) is 0 Å². The molecule has 1 atom stereocenters. The molecule has 1 aliphatic heterocycles. The minimum absolute atomic E-state index is 0.139. The number of hydrogen-bond donors (Lipinski definition) is 2. The second kappa shape index (κ2) is 8.86. The SMILES string of the molecule is CCNCC(C)CN1CCC(OCCO)CC1. The minimum atomic E-state index is 0.139.